The molecule has 1 aromatic heterocycles. The van der Waals surface area contributed by atoms with Crippen molar-refractivity contribution in [3.05, 3.63) is 64.0 Å². The predicted octanol–water partition coefficient (Wildman–Crippen LogP) is 2.73. The van der Waals surface area contributed by atoms with Gasteiger partial charge >= 0.3 is 0 Å². The van der Waals surface area contributed by atoms with Gasteiger partial charge in [-0.25, -0.2) is 17.9 Å². The largest absolute Gasteiger partial charge is 0.462 e. The van der Waals surface area contributed by atoms with Gasteiger partial charge in [0.25, 0.3) is 0 Å². The third kappa shape index (κ3) is 4.65. The lowest BCUT2D eigenvalue weighted by Gasteiger charge is -2.41. The van der Waals surface area contributed by atoms with Crippen LogP contribution in [0.15, 0.2) is 36.5 Å². The molecule has 176 valence electrons. The Kier molecular flexibility index (Phi) is 6.80. The maximum Gasteiger partial charge on any atom is 0.228 e. The first kappa shape index (κ1) is 23.7. The summed E-state index contributed by atoms with van der Waals surface area (Å²) >= 11 is 11.9. The highest BCUT2D eigenvalue weighted by Gasteiger charge is 2.47. The Balaban J connectivity index is 1.63. The Morgan fingerprint density at radius 2 is 1.73 bits per heavy atom. The molecule has 8 nitrogen and oxygen atoms in total. The molecule has 0 aliphatic carbocycles. The van der Waals surface area contributed by atoms with Gasteiger partial charge in [0.15, 0.2) is 17.5 Å². The predicted molar refractivity (Wildman–Crippen MR) is 109 cm³/mol. The molecule has 2 aromatic carbocycles. The average Bonchev–Trinajstić information content (AvgIpc) is 3.26. The van der Waals surface area contributed by atoms with E-state index in [-0.39, 0.29) is 27.1 Å². The number of aliphatic hydroxyl groups is 3. The molecule has 5 atom stereocenters. The van der Waals surface area contributed by atoms with E-state index in [0.29, 0.717) is 0 Å². The topological polar surface area (TPSA) is 110 Å². The zero-order chi connectivity index (χ0) is 23.9. The van der Waals surface area contributed by atoms with Crippen LogP contribution in [0.4, 0.5) is 13.2 Å². The fourth-order valence-electron chi connectivity index (χ4n) is 3.42. The molecule has 3 unspecified atom stereocenters. The average molecular weight is 506 g/mol. The van der Waals surface area contributed by atoms with E-state index in [1.165, 1.54) is 24.4 Å². The van der Waals surface area contributed by atoms with Gasteiger partial charge in [0, 0.05) is 11.6 Å². The van der Waals surface area contributed by atoms with E-state index in [0.717, 1.165) is 16.8 Å². The maximum atomic E-state index is 13.6. The molecule has 33 heavy (non-hydrogen) atoms. The molecular weight excluding hydrogens is 490 g/mol. The van der Waals surface area contributed by atoms with Crippen molar-refractivity contribution >= 4 is 23.2 Å². The van der Waals surface area contributed by atoms with Crippen molar-refractivity contribution in [1.29, 1.82) is 0 Å². The van der Waals surface area contributed by atoms with Crippen LogP contribution in [-0.2, 0) is 4.74 Å². The molecule has 3 N–H and O–H groups in total. The van der Waals surface area contributed by atoms with Gasteiger partial charge in [-0.1, -0.05) is 28.4 Å². The number of halogens is 5. The van der Waals surface area contributed by atoms with Crippen LogP contribution in [0.25, 0.3) is 11.3 Å². The first-order valence-corrected chi connectivity index (χ1v) is 10.3. The highest BCUT2D eigenvalue weighted by atomic mass is 35.5. The van der Waals surface area contributed by atoms with Crippen LogP contribution in [0, 0.1) is 17.5 Å². The Bertz CT molecular complexity index is 1140. The number of nitrogens with zero attached hydrogens (tertiary/aromatic N) is 3. The molecule has 1 saturated heterocycles. The van der Waals surface area contributed by atoms with Crippen LogP contribution in [0.1, 0.15) is 6.04 Å². The van der Waals surface area contributed by atoms with Gasteiger partial charge in [0.05, 0.1) is 22.8 Å². The summed E-state index contributed by atoms with van der Waals surface area (Å²) in [5.41, 5.74) is -0.169. The van der Waals surface area contributed by atoms with Crippen LogP contribution in [0.2, 0.25) is 10.0 Å². The SMILES string of the molecule is OCC1O[C@H](Oc2ccc(Cl)c(Cl)c2)C(O)C(n2cc(-c3cc(F)c(F)c(F)c3)nn2)[C@H]1O. The van der Waals surface area contributed by atoms with E-state index in [1.54, 1.807) is 0 Å². The van der Waals surface area contributed by atoms with Gasteiger partial charge < -0.3 is 24.8 Å². The number of hydrogen-bond acceptors (Lipinski definition) is 7. The molecular formula is C20H16Cl2F3N3O5. The summed E-state index contributed by atoms with van der Waals surface area (Å²) in [6, 6.07) is 4.56. The second kappa shape index (κ2) is 9.45. The van der Waals surface area contributed by atoms with Crippen LogP contribution in [0.5, 0.6) is 5.75 Å². The summed E-state index contributed by atoms with van der Waals surface area (Å²) in [4.78, 5) is 0. The lowest BCUT2D eigenvalue weighted by atomic mass is 9.96. The summed E-state index contributed by atoms with van der Waals surface area (Å²) < 4.78 is 52.6. The van der Waals surface area contributed by atoms with Crippen molar-refractivity contribution in [3.63, 3.8) is 0 Å². The monoisotopic (exact) mass is 505 g/mol. The fourth-order valence-corrected chi connectivity index (χ4v) is 3.71. The van der Waals surface area contributed by atoms with Crippen molar-refractivity contribution in [2.24, 2.45) is 0 Å². The van der Waals surface area contributed by atoms with E-state index in [2.05, 4.69) is 10.3 Å². The van der Waals surface area contributed by atoms with E-state index in [4.69, 9.17) is 32.7 Å². The molecule has 0 saturated carbocycles. The standard InChI is InChI=1S/C20H16Cl2F3N3O5/c21-10-2-1-9(5-11(10)22)32-20-19(31)17(18(30)15(7-29)33-20)28-6-14(26-27-28)8-3-12(23)16(25)13(24)4-8/h1-6,15,17-20,29-31H,7H2/t15?,17?,18-,19?,20-/m0/s1. The van der Waals surface area contributed by atoms with Gasteiger partial charge in [-0.05, 0) is 24.3 Å². The quantitative estimate of drug-likeness (QED) is 0.457. The molecule has 1 aliphatic rings. The second-order valence-corrected chi connectivity index (χ2v) is 8.04. The van der Waals surface area contributed by atoms with Crippen LogP contribution < -0.4 is 4.74 Å². The van der Waals surface area contributed by atoms with Gasteiger partial charge in [0.1, 0.15) is 35.8 Å². The van der Waals surface area contributed by atoms with Crippen molar-refractivity contribution in [1.82, 2.24) is 15.0 Å². The van der Waals surface area contributed by atoms with E-state index in [9.17, 15) is 28.5 Å². The number of aromatic nitrogens is 3. The summed E-state index contributed by atoms with van der Waals surface area (Å²) in [5.74, 6) is -4.27. The number of hydrogen-bond donors (Lipinski definition) is 3. The van der Waals surface area contributed by atoms with E-state index in [1.807, 2.05) is 0 Å². The Hall–Kier alpha value is -2.41. The molecule has 0 bridgehead atoms. The molecule has 1 fully saturated rings. The van der Waals surface area contributed by atoms with Crippen LogP contribution in [-0.4, -0.2) is 61.5 Å². The second-order valence-electron chi connectivity index (χ2n) is 7.23. The van der Waals surface area contributed by atoms with Crippen molar-refractivity contribution in [3.8, 4) is 17.0 Å². The van der Waals surface area contributed by atoms with Crippen molar-refractivity contribution in [2.45, 2.75) is 30.6 Å². The smallest absolute Gasteiger partial charge is 0.228 e. The van der Waals surface area contributed by atoms with Crippen LogP contribution >= 0.6 is 23.2 Å². The maximum absolute atomic E-state index is 13.6. The first-order valence-electron chi connectivity index (χ1n) is 9.50. The Labute approximate surface area is 194 Å². The van der Waals surface area contributed by atoms with Crippen molar-refractivity contribution in [2.75, 3.05) is 6.61 Å². The Morgan fingerprint density at radius 1 is 1.03 bits per heavy atom. The zero-order valence-electron chi connectivity index (χ0n) is 16.4. The molecule has 1 aliphatic heterocycles. The molecule has 3 aromatic rings. The molecule has 4 rings (SSSR count). The summed E-state index contributed by atoms with van der Waals surface area (Å²) in [6.45, 7) is -0.623. The Morgan fingerprint density at radius 3 is 2.36 bits per heavy atom. The van der Waals surface area contributed by atoms with E-state index >= 15 is 0 Å². The molecule has 0 radical (unpaired) electrons. The number of benzene rings is 2. The molecule has 0 amide bonds. The lowest BCUT2D eigenvalue weighted by molar-refractivity contribution is -0.260. The highest BCUT2D eigenvalue weighted by molar-refractivity contribution is 6.42. The minimum absolute atomic E-state index is 0.0545. The molecule has 2 heterocycles. The minimum atomic E-state index is -1.63. The first-order chi connectivity index (χ1) is 15.7. The molecule has 0 spiro atoms. The van der Waals surface area contributed by atoms with Crippen LogP contribution in [0.3, 0.4) is 0 Å². The third-order valence-electron chi connectivity index (χ3n) is 5.09. The summed E-state index contributed by atoms with van der Waals surface area (Å²) in [6.07, 6.45) is -4.36. The fraction of sp³-hybridized carbons (Fsp3) is 0.300. The van der Waals surface area contributed by atoms with Gasteiger partial charge in [-0.15, -0.1) is 5.10 Å². The number of rotatable bonds is 5. The molecule has 13 heteroatoms. The third-order valence-corrected chi connectivity index (χ3v) is 5.83. The zero-order valence-corrected chi connectivity index (χ0v) is 18.0. The lowest BCUT2D eigenvalue weighted by Crippen LogP contribution is -2.57. The normalized spacial score (nSPS) is 25.3. The summed E-state index contributed by atoms with van der Waals surface area (Å²) in [7, 11) is 0. The number of aliphatic hydroxyl groups excluding tert-OH is 3. The summed E-state index contributed by atoms with van der Waals surface area (Å²) in [5, 5.41) is 39.2. The van der Waals surface area contributed by atoms with Gasteiger partial charge in [0.2, 0.25) is 6.29 Å². The van der Waals surface area contributed by atoms with Gasteiger partial charge in [-0.2, -0.15) is 0 Å². The van der Waals surface area contributed by atoms with Crippen molar-refractivity contribution < 1.29 is 38.0 Å². The van der Waals surface area contributed by atoms with E-state index < -0.39 is 54.7 Å². The minimum Gasteiger partial charge on any atom is -0.462 e. The number of ether oxygens (including phenoxy) is 2. The highest BCUT2D eigenvalue weighted by Crippen LogP contribution is 2.34. The van der Waals surface area contributed by atoms with Gasteiger partial charge in [-0.3, -0.25) is 0 Å².